The fourth-order valence-corrected chi connectivity index (χ4v) is 5.69. The van der Waals surface area contributed by atoms with Crippen molar-refractivity contribution in [2.24, 2.45) is 0 Å². The predicted molar refractivity (Wildman–Crippen MR) is 108 cm³/mol. The summed E-state index contributed by atoms with van der Waals surface area (Å²) in [5.74, 6) is 0.636. The summed E-state index contributed by atoms with van der Waals surface area (Å²) in [5, 5.41) is 1.96. The summed E-state index contributed by atoms with van der Waals surface area (Å²) in [6.45, 7) is 6.16. The number of nitrogens with zero attached hydrogens (tertiary/aromatic N) is 1. The first kappa shape index (κ1) is 19.9. The Morgan fingerprint density at radius 3 is 2.67 bits per heavy atom. The van der Waals surface area contributed by atoms with Crippen molar-refractivity contribution in [3.05, 3.63) is 51.7 Å². The predicted octanol–water partition coefficient (Wildman–Crippen LogP) is 3.35. The largest absolute Gasteiger partial charge is 0.481 e. The molecule has 0 aliphatic carbocycles. The van der Waals surface area contributed by atoms with Gasteiger partial charge in [0, 0.05) is 10.9 Å². The Labute approximate surface area is 164 Å². The molecule has 1 saturated heterocycles. The first-order chi connectivity index (χ1) is 12.7. The third kappa shape index (κ3) is 4.90. The molecular formula is C20H25NO4S2. The molecule has 7 heteroatoms. The van der Waals surface area contributed by atoms with Gasteiger partial charge in [-0.1, -0.05) is 12.1 Å². The van der Waals surface area contributed by atoms with Gasteiger partial charge in [0.1, 0.15) is 5.75 Å². The summed E-state index contributed by atoms with van der Waals surface area (Å²) in [7, 11) is -3.08. The van der Waals surface area contributed by atoms with Gasteiger partial charge in [0.25, 0.3) is 5.91 Å². The van der Waals surface area contributed by atoms with E-state index in [1.165, 1.54) is 0 Å². The van der Waals surface area contributed by atoms with Gasteiger partial charge in [-0.3, -0.25) is 4.79 Å². The summed E-state index contributed by atoms with van der Waals surface area (Å²) in [6.07, 6.45) is -0.203. The zero-order chi connectivity index (χ0) is 19.6. The van der Waals surface area contributed by atoms with Crippen LogP contribution < -0.4 is 4.74 Å². The first-order valence-electron chi connectivity index (χ1n) is 9.02. The molecular weight excluding hydrogens is 382 g/mol. The van der Waals surface area contributed by atoms with Crippen LogP contribution in [-0.2, 0) is 21.2 Å². The molecule has 0 N–H and O–H groups in total. The molecule has 3 rings (SSSR count). The summed E-state index contributed by atoms with van der Waals surface area (Å²) < 4.78 is 29.8. The molecule has 0 radical (unpaired) electrons. The van der Waals surface area contributed by atoms with Crippen LogP contribution in [0.25, 0.3) is 0 Å². The quantitative estimate of drug-likeness (QED) is 0.737. The van der Waals surface area contributed by atoms with Crippen molar-refractivity contribution in [2.75, 3.05) is 11.5 Å². The van der Waals surface area contributed by atoms with Crippen LogP contribution in [0.1, 0.15) is 29.3 Å². The standard InChI is InChI=1S/C20H25NO4S2/c1-14-6-7-18(11-15(14)2)25-16(3)20(22)21(12-19-5-4-9-26-19)17-8-10-27(23,24)13-17/h4-7,9,11,16-17H,8,10,12-13H2,1-3H3/t16-,17-/m0/s1. The van der Waals surface area contributed by atoms with E-state index in [1.807, 2.05) is 49.6 Å². The third-order valence-corrected chi connectivity index (χ3v) is 7.59. The van der Waals surface area contributed by atoms with Crippen LogP contribution in [0.15, 0.2) is 35.7 Å². The van der Waals surface area contributed by atoms with Gasteiger partial charge in [-0.2, -0.15) is 0 Å². The molecule has 0 spiro atoms. The highest BCUT2D eigenvalue weighted by Crippen LogP contribution is 2.24. The molecule has 0 bridgehead atoms. The number of aryl methyl sites for hydroxylation is 2. The van der Waals surface area contributed by atoms with Gasteiger partial charge >= 0.3 is 0 Å². The van der Waals surface area contributed by atoms with Gasteiger partial charge < -0.3 is 9.64 Å². The van der Waals surface area contributed by atoms with E-state index in [0.29, 0.717) is 18.7 Å². The second-order valence-electron chi connectivity index (χ2n) is 7.11. The molecule has 1 aliphatic rings. The maximum absolute atomic E-state index is 13.1. The number of benzene rings is 1. The number of rotatable bonds is 6. The van der Waals surface area contributed by atoms with E-state index in [2.05, 4.69) is 0 Å². The first-order valence-corrected chi connectivity index (χ1v) is 11.7. The van der Waals surface area contributed by atoms with Crippen molar-refractivity contribution in [3.63, 3.8) is 0 Å². The summed E-state index contributed by atoms with van der Waals surface area (Å²) in [6, 6.07) is 9.34. The van der Waals surface area contributed by atoms with Crippen LogP contribution in [0, 0.1) is 13.8 Å². The fourth-order valence-electron chi connectivity index (χ4n) is 3.25. The van der Waals surface area contributed by atoms with Gasteiger partial charge in [-0.05, 0) is 61.9 Å². The average Bonchev–Trinajstić information content (AvgIpc) is 3.24. The normalized spacial score (nSPS) is 19.6. The van der Waals surface area contributed by atoms with Gasteiger partial charge in [0.05, 0.1) is 18.1 Å². The van der Waals surface area contributed by atoms with E-state index in [1.54, 1.807) is 23.2 Å². The summed E-state index contributed by atoms with van der Waals surface area (Å²) in [5.41, 5.74) is 2.27. The molecule has 1 aromatic carbocycles. The number of sulfone groups is 1. The molecule has 2 atom stereocenters. The van der Waals surface area contributed by atoms with Crippen LogP contribution in [0.3, 0.4) is 0 Å². The molecule has 1 aromatic heterocycles. The molecule has 146 valence electrons. The highest BCUT2D eigenvalue weighted by atomic mass is 32.2. The minimum absolute atomic E-state index is 0.0282. The van der Waals surface area contributed by atoms with Gasteiger partial charge in [0.2, 0.25) is 0 Å². The highest BCUT2D eigenvalue weighted by Gasteiger charge is 2.36. The lowest BCUT2D eigenvalue weighted by atomic mass is 10.1. The second kappa shape index (κ2) is 8.02. The van der Waals surface area contributed by atoms with E-state index in [9.17, 15) is 13.2 Å². The number of hydrogen-bond donors (Lipinski definition) is 0. The van der Waals surface area contributed by atoms with E-state index in [4.69, 9.17) is 4.74 Å². The zero-order valence-corrected chi connectivity index (χ0v) is 17.5. The Bertz CT molecular complexity index is 906. The lowest BCUT2D eigenvalue weighted by molar-refractivity contribution is -0.140. The molecule has 1 aliphatic heterocycles. The van der Waals surface area contributed by atoms with E-state index in [-0.39, 0.29) is 23.5 Å². The van der Waals surface area contributed by atoms with Crippen LogP contribution >= 0.6 is 11.3 Å². The SMILES string of the molecule is Cc1ccc(O[C@@H](C)C(=O)N(Cc2cccs2)[C@H]2CCS(=O)(=O)C2)cc1C. The lowest BCUT2D eigenvalue weighted by Crippen LogP contribution is -2.46. The van der Waals surface area contributed by atoms with Crippen LogP contribution in [0.5, 0.6) is 5.75 Å². The lowest BCUT2D eigenvalue weighted by Gasteiger charge is -2.30. The van der Waals surface area contributed by atoms with E-state index < -0.39 is 15.9 Å². The van der Waals surface area contributed by atoms with Crippen molar-refractivity contribution in [1.82, 2.24) is 4.90 Å². The second-order valence-corrected chi connectivity index (χ2v) is 10.4. The van der Waals surface area contributed by atoms with Crippen molar-refractivity contribution in [2.45, 2.75) is 45.9 Å². The van der Waals surface area contributed by atoms with Crippen molar-refractivity contribution >= 4 is 27.1 Å². The van der Waals surface area contributed by atoms with Crippen LogP contribution in [-0.4, -0.2) is 42.9 Å². The van der Waals surface area contributed by atoms with Gasteiger partial charge in [0.15, 0.2) is 15.9 Å². The maximum atomic E-state index is 13.1. The molecule has 1 fully saturated rings. The summed E-state index contributed by atoms with van der Waals surface area (Å²) in [4.78, 5) is 15.9. The topological polar surface area (TPSA) is 63.7 Å². The molecule has 1 amide bonds. The number of ether oxygens (including phenoxy) is 1. The van der Waals surface area contributed by atoms with Gasteiger partial charge in [-0.25, -0.2) is 8.42 Å². The molecule has 2 aromatic rings. The third-order valence-electron chi connectivity index (χ3n) is 4.98. The summed E-state index contributed by atoms with van der Waals surface area (Å²) >= 11 is 1.56. The Kier molecular flexibility index (Phi) is 5.91. The van der Waals surface area contributed by atoms with Crippen molar-refractivity contribution in [1.29, 1.82) is 0 Å². The van der Waals surface area contributed by atoms with Crippen LogP contribution in [0.4, 0.5) is 0 Å². The number of amides is 1. The molecule has 5 nitrogen and oxygen atoms in total. The monoisotopic (exact) mass is 407 g/mol. The van der Waals surface area contributed by atoms with E-state index >= 15 is 0 Å². The zero-order valence-electron chi connectivity index (χ0n) is 15.8. The van der Waals surface area contributed by atoms with Crippen LogP contribution in [0.2, 0.25) is 0 Å². The smallest absolute Gasteiger partial charge is 0.263 e. The molecule has 0 saturated carbocycles. The minimum atomic E-state index is -3.08. The van der Waals surface area contributed by atoms with Gasteiger partial charge in [-0.15, -0.1) is 11.3 Å². The Morgan fingerprint density at radius 1 is 1.30 bits per heavy atom. The Hall–Kier alpha value is -1.86. The molecule has 27 heavy (non-hydrogen) atoms. The Balaban J connectivity index is 1.77. The molecule has 2 heterocycles. The van der Waals surface area contributed by atoms with Crippen molar-refractivity contribution < 1.29 is 17.9 Å². The molecule has 0 unspecified atom stereocenters. The van der Waals surface area contributed by atoms with E-state index in [0.717, 1.165) is 16.0 Å². The Morgan fingerprint density at radius 2 is 2.07 bits per heavy atom. The van der Waals surface area contributed by atoms with Crippen molar-refractivity contribution in [3.8, 4) is 5.75 Å². The highest BCUT2D eigenvalue weighted by molar-refractivity contribution is 7.91. The number of carbonyl (C=O) groups is 1. The number of thiophene rings is 1. The number of carbonyl (C=O) groups excluding carboxylic acids is 1. The maximum Gasteiger partial charge on any atom is 0.263 e. The number of hydrogen-bond acceptors (Lipinski definition) is 5. The fraction of sp³-hybridized carbons (Fsp3) is 0.450. The average molecular weight is 408 g/mol. The minimum Gasteiger partial charge on any atom is -0.481 e.